The minimum Gasteiger partial charge on any atom is -0.494 e. The molecular formula is C26H30N6O2. The minimum absolute atomic E-state index is 0.144. The summed E-state index contributed by atoms with van der Waals surface area (Å²) < 4.78 is 7.58. The van der Waals surface area contributed by atoms with E-state index >= 15 is 0 Å². The fourth-order valence-electron chi connectivity index (χ4n) is 4.68. The molecule has 2 aromatic carbocycles. The number of pyridine rings is 1. The molecule has 0 fully saturated rings. The van der Waals surface area contributed by atoms with E-state index < -0.39 is 6.04 Å². The highest BCUT2D eigenvalue weighted by Crippen LogP contribution is 2.38. The Labute approximate surface area is 198 Å². The van der Waals surface area contributed by atoms with Crippen molar-refractivity contribution in [1.82, 2.24) is 25.2 Å². The zero-order chi connectivity index (χ0) is 23.9. The van der Waals surface area contributed by atoms with Gasteiger partial charge in [-0.15, -0.1) is 5.10 Å². The van der Waals surface area contributed by atoms with Crippen LogP contribution >= 0.6 is 0 Å². The molecule has 4 aromatic rings. The Kier molecular flexibility index (Phi) is 5.59. The normalized spacial score (nSPS) is 14.4. The molecule has 0 spiro atoms. The number of tetrazole rings is 1. The zero-order valence-corrected chi connectivity index (χ0v) is 20.1. The first-order valence-corrected chi connectivity index (χ1v) is 11.9. The van der Waals surface area contributed by atoms with Crippen molar-refractivity contribution in [2.75, 3.05) is 18.1 Å². The highest BCUT2D eigenvalue weighted by molar-refractivity contribution is 5.81. The maximum atomic E-state index is 13.5. The first kappa shape index (κ1) is 22.1. The largest absolute Gasteiger partial charge is 0.494 e. The maximum absolute atomic E-state index is 13.5. The van der Waals surface area contributed by atoms with E-state index in [1.807, 2.05) is 41.9 Å². The molecule has 0 amide bonds. The molecule has 0 radical (unpaired) electrons. The van der Waals surface area contributed by atoms with Crippen molar-refractivity contribution in [2.24, 2.45) is 0 Å². The number of nitrogens with one attached hydrogen (secondary N) is 1. The van der Waals surface area contributed by atoms with Crippen LogP contribution in [-0.4, -0.2) is 38.3 Å². The molecule has 0 unspecified atom stereocenters. The van der Waals surface area contributed by atoms with Gasteiger partial charge in [-0.2, -0.15) is 0 Å². The molecule has 0 aliphatic carbocycles. The Bertz CT molecular complexity index is 1390. The molecule has 0 bridgehead atoms. The van der Waals surface area contributed by atoms with Crippen LogP contribution in [0.15, 0.2) is 53.3 Å². The second-order valence-electron chi connectivity index (χ2n) is 9.33. The van der Waals surface area contributed by atoms with Crippen molar-refractivity contribution in [2.45, 2.75) is 52.1 Å². The lowest BCUT2D eigenvalue weighted by Crippen LogP contribution is -2.37. The van der Waals surface area contributed by atoms with E-state index in [9.17, 15) is 4.79 Å². The molecule has 0 saturated heterocycles. The molecule has 1 N–H and O–H groups in total. The maximum Gasteiger partial charge on any atom is 0.254 e. The van der Waals surface area contributed by atoms with Gasteiger partial charge in [0.05, 0.1) is 12.1 Å². The number of H-pyrrole nitrogens is 1. The summed E-state index contributed by atoms with van der Waals surface area (Å²) in [6, 6.07) is 15.6. The smallest absolute Gasteiger partial charge is 0.254 e. The number of rotatable bonds is 7. The van der Waals surface area contributed by atoms with Crippen molar-refractivity contribution in [1.29, 1.82) is 0 Å². The summed E-state index contributed by atoms with van der Waals surface area (Å²) in [6.45, 7) is 9.65. The average Bonchev–Trinajstić information content (AvgIpc) is 3.49. The third-order valence-corrected chi connectivity index (χ3v) is 6.86. The Balaban J connectivity index is 1.73. The van der Waals surface area contributed by atoms with Crippen molar-refractivity contribution in [3.8, 4) is 5.75 Å². The topological polar surface area (TPSA) is 88.9 Å². The van der Waals surface area contributed by atoms with Crippen LogP contribution < -0.4 is 15.2 Å². The van der Waals surface area contributed by atoms with Gasteiger partial charge in [0.15, 0.2) is 5.82 Å². The van der Waals surface area contributed by atoms with Crippen molar-refractivity contribution in [3.05, 3.63) is 75.8 Å². The molecular weight excluding hydrogens is 428 g/mol. The van der Waals surface area contributed by atoms with Gasteiger partial charge in [0.2, 0.25) is 0 Å². The van der Waals surface area contributed by atoms with Gasteiger partial charge in [-0.05, 0) is 79.9 Å². The third-order valence-electron chi connectivity index (χ3n) is 6.86. The van der Waals surface area contributed by atoms with Crippen LogP contribution in [-0.2, 0) is 12.0 Å². The van der Waals surface area contributed by atoms with Crippen LogP contribution in [0, 0.1) is 0 Å². The average molecular weight is 459 g/mol. The lowest BCUT2D eigenvalue weighted by molar-refractivity contribution is 0.287. The van der Waals surface area contributed by atoms with Crippen LogP contribution in [0.4, 0.5) is 5.69 Å². The van der Waals surface area contributed by atoms with E-state index in [-0.39, 0.29) is 11.1 Å². The summed E-state index contributed by atoms with van der Waals surface area (Å²) >= 11 is 0. The van der Waals surface area contributed by atoms with E-state index in [4.69, 9.17) is 4.74 Å². The van der Waals surface area contributed by atoms with Crippen molar-refractivity contribution in [3.63, 3.8) is 0 Å². The van der Waals surface area contributed by atoms with E-state index in [2.05, 4.69) is 64.4 Å². The molecule has 1 atom stereocenters. The predicted octanol–water partition coefficient (Wildman–Crippen LogP) is 4.21. The molecule has 34 heavy (non-hydrogen) atoms. The number of nitrogens with zero attached hydrogens (tertiary/aromatic N) is 5. The van der Waals surface area contributed by atoms with Gasteiger partial charge in [0.25, 0.3) is 5.56 Å². The number of hydrogen-bond donors (Lipinski definition) is 1. The van der Waals surface area contributed by atoms with Crippen LogP contribution in [0.1, 0.15) is 57.1 Å². The van der Waals surface area contributed by atoms with E-state index in [0.29, 0.717) is 18.0 Å². The lowest BCUT2D eigenvalue weighted by Gasteiger charge is -2.32. The Morgan fingerprint density at radius 2 is 1.97 bits per heavy atom. The Morgan fingerprint density at radius 1 is 1.15 bits per heavy atom. The Morgan fingerprint density at radius 3 is 2.76 bits per heavy atom. The van der Waals surface area contributed by atoms with Crippen molar-refractivity contribution >= 4 is 16.6 Å². The van der Waals surface area contributed by atoms with Crippen molar-refractivity contribution < 1.29 is 4.74 Å². The molecule has 2 aromatic heterocycles. The van der Waals surface area contributed by atoms with Gasteiger partial charge in [0, 0.05) is 28.7 Å². The number of benzene rings is 2. The number of aromatic amines is 1. The predicted molar refractivity (Wildman–Crippen MR) is 133 cm³/mol. The second-order valence-corrected chi connectivity index (χ2v) is 9.33. The number of ether oxygens (including phenoxy) is 1. The van der Waals surface area contributed by atoms with Crippen LogP contribution in [0.5, 0.6) is 5.75 Å². The molecule has 176 valence electrons. The fourth-order valence-corrected chi connectivity index (χ4v) is 4.68. The second kappa shape index (κ2) is 8.59. The summed E-state index contributed by atoms with van der Waals surface area (Å²) in [6.07, 6.45) is 1.76. The summed E-state index contributed by atoms with van der Waals surface area (Å²) in [4.78, 5) is 18.8. The molecule has 0 saturated carbocycles. The third kappa shape index (κ3) is 3.73. The molecule has 5 rings (SSSR count). The quantitative estimate of drug-likeness (QED) is 0.446. The Hall–Kier alpha value is -3.68. The van der Waals surface area contributed by atoms with Gasteiger partial charge in [-0.25, -0.2) is 4.68 Å². The summed E-state index contributed by atoms with van der Waals surface area (Å²) in [5, 5.41) is 13.8. The van der Waals surface area contributed by atoms with Gasteiger partial charge >= 0.3 is 0 Å². The first-order chi connectivity index (χ1) is 16.4. The van der Waals surface area contributed by atoms with Gasteiger partial charge in [-0.3, -0.25) is 4.79 Å². The van der Waals surface area contributed by atoms with Crippen LogP contribution in [0.25, 0.3) is 10.9 Å². The SMILES string of the molecule is CCOc1ccc2[nH]c(=O)c([C@H](c3nnnn3C(C)(C)CC)N3CCc4ccccc43)cc2c1. The molecule has 1 aliphatic rings. The van der Waals surface area contributed by atoms with Crippen LogP contribution in [0.3, 0.4) is 0 Å². The van der Waals surface area contributed by atoms with E-state index in [1.54, 1.807) is 0 Å². The summed E-state index contributed by atoms with van der Waals surface area (Å²) in [7, 11) is 0. The fraction of sp³-hybridized carbons (Fsp3) is 0.385. The number of hydrogen-bond acceptors (Lipinski definition) is 6. The van der Waals surface area contributed by atoms with Crippen LogP contribution in [0.2, 0.25) is 0 Å². The van der Waals surface area contributed by atoms with Gasteiger partial charge < -0.3 is 14.6 Å². The summed E-state index contributed by atoms with van der Waals surface area (Å²) in [5.41, 5.74) is 3.31. The van der Waals surface area contributed by atoms with Gasteiger partial charge in [0.1, 0.15) is 11.8 Å². The molecule has 3 heterocycles. The van der Waals surface area contributed by atoms with E-state index in [0.717, 1.165) is 41.7 Å². The number of anilines is 1. The van der Waals surface area contributed by atoms with Gasteiger partial charge in [-0.1, -0.05) is 25.1 Å². The number of fused-ring (bicyclic) bond motifs is 2. The number of aromatic nitrogens is 5. The number of para-hydroxylation sites is 1. The molecule has 1 aliphatic heterocycles. The lowest BCUT2D eigenvalue weighted by atomic mass is 9.99. The standard InChI is InChI=1S/C26H30N6O2/c1-5-26(3,4)32-24(28-29-30-32)23(31-14-13-17-9-7-8-10-22(17)31)20-16-18-15-19(34-6-2)11-12-21(18)27-25(20)33/h7-12,15-16,23H,5-6,13-14H2,1-4H3,(H,27,33)/t23-/m1/s1. The molecule has 8 heteroatoms. The highest BCUT2D eigenvalue weighted by atomic mass is 16.5. The zero-order valence-electron chi connectivity index (χ0n) is 20.1. The molecule has 8 nitrogen and oxygen atoms in total. The minimum atomic E-state index is -0.437. The monoisotopic (exact) mass is 458 g/mol. The van der Waals surface area contributed by atoms with E-state index in [1.165, 1.54) is 5.56 Å². The summed E-state index contributed by atoms with van der Waals surface area (Å²) in [5.74, 6) is 1.43. The highest BCUT2D eigenvalue weighted by Gasteiger charge is 2.36. The first-order valence-electron chi connectivity index (χ1n) is 11.9.